The lowest BCUT2D eigenvalue weighted by molar-refractivity contribution is 0.102. The molecule has 1 amide bonds. The Morgan fingerprint density at radius 2 is 1.68 bits per heavy atom. The van der Waals surface area contributed by atoms with Crippen LogP contribution in [0, 0.1) is 0 Å². The van der Waals surface area contributed by atoms with E-state index >= 15 is 0 Å². The molecule has 0 saturated heterocycles. The Bertz CT molecular complexity index is 1260. The molecule has 0 saturated carbocycles. The Morgan fingerprint density at radius 3 is 2.36 bits per heavy atom. The summed E-state index contributed by atoms with van der Waals surface area (Å²) in [6.07, 6.45) is 1.52. The molecular weight excluding hydrogens is 380 g/mol. The Balaban J connectivity index is 1.50. The lowest BCUT2D eigenvalue weighted by Gasteiger charge is -2.07. The zero-order valence-electron chi connectivity index (χ0n) is 14.4. The maximum absolute atomic E-state index is 12.3. The van der Waals surface area contributed by atoms with E-state index in [1.807, 2.05) is 24.3 Å². The van der Waals surface area contributed by atoms with Gasteiger partial charge in [-0.25, -0.2) is 13.6 Å². The summed E-state index contributed by atoms with van der Waals surface area (Å²) in [7, 11) is -3.79. The number of carbonyl (C=O) groups excluding carboxylic acids is 1. The lowest BCUT2D eigenvalue weighted by atomic mass is 10.1. The molecule has 9 nitrogen and oxygen atoms in total. The number of nitrogens with zero attached hydrogens (tertiary/aromatic N) is 4. The van der Waals surface area contributed by atoms with Crippen LogP contribution in [-0.2, 0) is 10.0 Å². The summed E-state index contributed by atoms with van der Waals surface area (Å²) in [5.41, 5.74) is 3.17. The fourth-order valence-electron chi connectivity index (χ4n) is 2.61. The molecule has 0 aliphatic carbocycles. The zero-order chi connectivity index (χ0) is 19.7. The van der Waals surface area contributed by atoms with Crippen molar-refractivity contribution in [2.45, 2.75) is 4.90 Å². The maximum atomic E-state index is 12.3. The van der Waals surface area contributed by atoms with Gasteiger partial charge in [-0.15, -0.1) is 10.2 Å². The van der Waals surface area contributed by atoms with E-state index in [4.69, 9.17) is 5.14 Å². The number of rotatable bonds is 4. The molecule has 4 aromatic rings. The normalized spacial score (nSPS) is 11.5. The van der Waals surface area contributed by atoms with E-state index in [1.165, 1.54) is 30.6 Å². The number of fused-ring (bicyclic) bond motifs is 1. The Hall–Kier alpha value is -3.63. The van der Waals surface area contributed by atoms with Gasteiger partial charge in [0.2, 0.25) is 10.0 Å². The fourth-order valence-corrected chi connectivity index (χ4v) is 3.12. The van der Waals surface area contributed by atoms with Gasteiger partial charge < -0.3 is 5.32 Å². The van der Waals surface area contributed by atoms with Gasteiger partial charge in [-0.05, 0) is 48.5 Å². The van der Waals surface area contributed by atoms with Crippen LogP contribution < -0.4 is 10.5 Å². The van der Waals surface area contributed by atoms with Gasteiger partial charge in [0.15, 0.2) is 5.65 Å². The minimum absolute atomic E-state index is 0.0500. The molecule has 140 valence electrons. The minimum atomic E-state index is -3.79. The Kier molecular flexibility index (Phi) is 4.34. The standard InChI is InChI=1S/C18H14N6O3S/c19-28(26,27)15-7-3-13(4-8-15)18(25)21-14-5-1-12(2-6-14)16-9-10-17-22-20-11-24(17)23-16/h1-11H,(H,21,25)(H2,19,26,27). The molecule has 3 N–H and O–H groups in total. The van der Waals surface area contributed by atoms with Crippen LogP contribution >= 0.6 is 0 Å². The maximum Gasteiger partial charge on any atom is 0.255 e. The minimum Gasteiger partial charge on any atom is -0.322 e. The molecule has 0 spiro atoms. The molecule has 0 fully saturated rings. The topological polar surface area (TPSA) is 132 Å². The third-order valence-electron chi connectivity index (χ3n) is 4.05. The smallest absolute Gasteiger partial charge is 0.255 e. The first-order valence-corrected chi connectivity index (χ1v) is 9.66. The summed E-state index contributed by atoms with van der Waals surface area (Å²) < 4.78 is 24.1. The number of carbonyl (C=O) groups is 1. The molecule has 0 unspecified atom stereocenters. The SMILES string of the molecule is NS(=O)(=O)c1ccc(C(=O)Nc2ccc(-c3ccc4nncn4n3)cc2)cc1. The number of aromatic nitrogens is 4. The average molecular weight is 394 g/mol. The number of primary sulfonamides is 1. The van der Waals surface area contributed by atoms with Gasteiger partial charge in [0.25, 0.3) is 5.91 Å². The van der Waals surface area contributed by atoms with Crippen molar-refractivity contribution >= 4 is 27.3 Å². The second-order valence-electron chi connectivity index (χ2n) is 5.95. The lowest BCUT2D eigenvalue weighted by Crippen LogP contribution is -2.14. The van der Waals surface area contributed by atoms with Gasteiger partial charge >= 0.3 is 0 Å². The number of sulfonamides is 1. The number of anilines is 1. The van der Waals surface area contributed by atoms with E-state index in [2.05, 4.69) is 20.6 Å². The first kappa shape index (κ1) is 17.8. The van der Waals surface area contributed by atoms with Gasteiger partial charge in [-0.2, -0.15) is 9.61 Å². The molecule has 4 rings (SSSR count). The zero-order valence-corrected chi connectivity index (χ0v) is 15.2. The van der Waals surface area contributed by atoms with Crippen molar-refractivity contribution in [3.05, 3.63) is 72.6 Å². The largest absolute Gasteiger partial charge is 0.322 e. The number of amides is 1. The van der Waals surface area contributed by atoms with Crippen LogP contribution in [0.4, 0.5) is 5.69 Å². The highest BCUT2D eigenvalue weighted by atomic mass is 32.2. The van der Waals surface area contributed by atoms with Gasteiger partial charge in [-0.1, -0.05) is 12.1 Å². The van der Waals surface area contributed by atoms with Crippen molar-refractivity contribution in [1.29, 1.82) is 0 Å². The summed E-state index contributed by atoms with van der Waals surface area (Å²) >= 11 is 0. The van der Waals surface area contributed by atoms with Gasteiger partial charge in [-0.3, -0.25) is 4.79 Å². The summed E-state index contributed by atoms with van der Waals surface area (Å²) in [5, 5.41) is 19.9. The fraction of sp³-hybridized carbons (Fsp3) is 0. The van der Waals surface area contributed by atoms with Gasteiger partial charge in [0.1, 0.15) is 6.33 Å². The van der Waals surface area contributed by atoms with Crippen molar-refractivity contribution in [2.75, 3.05) is 5.32 Å². The van der Waals surface area contributed by atoms with Crippen molar-refractivity contribution < 1.29 is 13.2 Å². The predicted molar refractivity (Wildman–Crippen MR) is 102 cm³/mol. The summed E-state index contributed by atoms with van der Waals surface area (Å²) in [4.78, 5) is 12.3. The third kappa shape index (κ3) is 3.59. The van der Waals surface area contributed by atoms with Gasteiger partial charge in [0, 0.05) is 16.8 Å². The monoisotopic (exact) mass is 394 g/mol. The highest BCUT2D eigenvalue weighted by Gasteiger charge is 2.11. The number of nitrogens with two attached hydrogens (primary N) is 1. The highest BCUT2D eigenvalue weighted by molar-refractivity contribution is 7.89. The van der Waals surface area contributed by atoms with Crippen LogP contribution in [0.2, 0.25) is 0 Å². The summed E-state index contributed by atoms with van der Waals surface area (Å²) in [6.45, 7) is 0. The Morgan fingerprint density at radius 1 is 0.964 bits per heavy atom. The number of hydrogen-bond donors (Lipinski definition) is 2. The Labute approximate surface area is 159 Å². The molecule has 0 aliphatic rings. The van der Waals surface area contributed by atoms with E-state index < -0.39 is 10.0 Å². The summed E-state index contributed by atoms with van der Waals surface area (Å²) in [6, 6.07) is 16.2. The molecule has 10 heteroatoms. The highest BCUT2D eigenvalue weighted by Crippen LogP contribution is 2.20. The van der Waals surface area contributed by atoms with Crippen molar-refractivity contribution in [3.8, 4) is 11.3 Å². The molecule has 28 heavy (non-hydrogen) atoms. The van der Waals surface area contributed by atoms with E-state index in [0.717, 1.165) is 11.3 Å². The quantitative estimate of drug-likeness (QED) is 0.541. The predicted octanol–water partition coefficient (Wildman–Crippen LogP) is 1.69. The van der Waals surface area contributed by atoms with Gasteiger partial charge in [0.05, 0.1) is 10.6 Å². The number of benzene rings is 2. The second kappa shape index (κ2) is 6.83. The van der Waals surface area contributed by atoms with Crippen LogP contribution in [0.3, 0.4) is 0 Å². The summed E-state index contributed by atoms with van der Waals surface area (Å²) in [5.74, 6) is -0.363. The van der Waals surface area contributed by atoms with Crippen LogP contribution in [-0.4, -0.2) is 34.1 Å². The molecule has 0 radical (unpaired) electrons. The van der Waals surface area contributed by atoms with Crippen LogP contribution in [0.5, 0.6) is 0 Å². The third-order valence-corrected chi connectivity index (χ3v) is 4.97. The van der Waals surface area contributed by atoms with Crippen LogP contribution in [0.1, 0.15) is 10.4 Å². The second-order valence-corrected chi connectivity index (χ2v) is 7.51. The number of hydrogen-bond acceptors (Lipinski definition) is 6. The van der Waals surface area contributed by atoms with Crippen molar-refractivity contribution in [2.24, 2.45) is 5.14 Å². The first-order chi connectivity index (χ1) is 13.4. The molecule has 2 aromatic carbocycles. The van der Waals surface area contributed by atoms with E-state index in [9.17, 15) is 13.2 Å². The number of nitrogens with one attached hydrogen (secondary N) is 1. The molecule has 2 aromatic heterocycles. The van der Waals surface area contributed by atoms with Crippen LogP contribution in [0.25, 0.3) is 16.9 Å². The van der Waals surface area contributed by atoms with Crippen molar-refractivity contribution in [1.82, 2.24) is 19.8 Å². The van der Waals surface area contributed by atoms with E-state index in [-0.39, 0.29) is 10.8 Å². The van der Waals surface area contributed by atoms with E-state index in [1.54, 1.807) is 16.6 Å². The average Bonchev–Trinajstić information content (AvgIpc) is 3.16. The van der Waals surface area contributed by atoms with Crippen molar-refractivity contribution in [3.63, 3.8) is 0 Å². The molecular formula is C18H14N6O3S. The molecule has 0 atom stereocenters. The molecule has 2 heterocycles. The van der Waals surface area contributed by atoms with E-state index in [0.29, 0.717) is 16.9 Å². The first-order valence-electron chi connectivity index (χ1n) is 8.12. The molecule has 0 aliphatic heterocycles. The van der Waals surface area contributed by atoms with Crippen LogP contribution in [0.15, 0.2) is 71.9 Å². The molecule has 0 bridgehead atoms.